The Bertz CT molecular complexity index is 991. The molecule has 2 heterocycles. The molecule has 2 aliphatic rings. The van der Waals surface area contributed by atoms with Crippen molar-refractivity contribution >= 4 is 17.4 Å². The van der Waals surface area contributed by atoms with Crippen LogP contribution in [0, 0.1) is 5.92 Å². The van der Waals surface area contributed by atoms with Crippen molar-refractivity contribution in [3.63, 3.8) is 0 Å². The largest absolute Gasteiger partial charge is 0.493 e. The Labute approximate surface area is 190 Å². The first-order valence-corrected chi connectivity index (χ1v) is 11.2. The van der Waals surface area contributed by atoms with E-state index in [0.29, 0.717) is 23.8 Å². The van der Waals surface area contributed by atoms with Gasteiger partial charge in [0, 0.05) is 26.2 Å². The Hall–Kier alpha value is -3.12. The Kier molecular flexibility index (Phi) is 6.61. The second-order valence-corrected chi connectivity index (χ2v) is 8.93. The summed E-state index contributed by atoms with van der Waals surface area (Å²) in [7, 11) is 2.08. The van der Waals surface area contributed by atoms with Crippen molar-refractivity contribution < 1.29 is 14.3 Å². The smallest absolute Gasteiger partial charge is 0.278 e. The summed E-state index contributed by atoms with van der Waals surface area (Å²) in [5, 5.41) is 0. The van der Waals surface area contributed by atoms with E-state index < -0.39 is 0 Å². The molecule has 1 fully saturated rings. The van der Waals surface area contributed by atoms with Gasteiger partial charge in [-0.25, -0.2) is 0 Å². The third kappa shape index (κ3) is 4.70. The molecule has 2 amide bonds. The Morgan fingerprint density at radius 2 is 1.53 bits per heavy atom. The van der Waals surface area contributed by atoms with Crippen LogP contribution in [0.1, 0.15) is 25.0 Å². The van der Waals surface area contributed by atoms with E-state index in [0.717, 1.165) is 43.1 Å². The minimum atomic E-state index is -0.233. The zero-order valence-electron chi connectivity index (χ0n) is 19.1. The van der Waals surface area contributed by atoms with Gasteiger partial charge in [-0.1, -0.05) is 56.3 Å². The second kappa shape index (κ2) is 9.57. The van der Waals surface area contributed by atoms with Gasteiger partial charge in [0.25, 0.3) is 11.8 Å². The first-order valence-electron chi connectivity index (χ1n) is 11.2. The lowest BCUT2D eigenvalue weighted by atomic mass is 10.0. The van der Waals surface area contributed by atoms with Crippen LogP contribution in [0.2, 0.25) is 0 Å². The number of nitrogens with zero attached hydrogens (tertiary/aromatic N) is 3. The third-order valence-electron chi connectivity index (χ3n) is 5.87. The highest BCUT2D eigenvalue weighted by Crippen LogP contribution is 2.33. The maximum absolute atomic E-state index is 13.5. The predicted molar refractivity (Wildman–Crippen MR) is 125 cm³/mol. The summed E-state index contributed by atoms with van der Waals surface area (Å²) in [6, 6.07) is 17.2. The van der Waals surface area contributed by atoms with Gasteiger partial charge in [-0.2, -0.15) is 0 Å². The average molecular weight is 434 g/mol. The molecule has 0 bridgehead atoms. The monoisotopic (exact) mass is 433 g/mol. The van der Waals surface area contributed by atoms with Crippen molar-refractivity contribution in [3.8, 4) is 5.75 Å². The summed E-state index contributed by atoms with van der Waals surface area (Å²) >= 11 is 0. The molecule has 4 rings (SSSR count). The molecule has 6 heteroatoms. The number of piperazine rings is 1. The Morgan fingerprint density at radius 1 is 0.875 bits per heavy atom. The van der Waals surface area contributed by atoms with Crippen LogP contribution in [0.3, 0.4) is 0 Å². The van der Waals surface area contributed by atoms with Gasteiger partial charge in [-0.05, 0) is 36.2 Å². The lowest BCUT2D eigenvalue weighted by Crippen LogP contribution is -2.46. The molecule has 0 N–H and O–H groups in total. The van der Waals surface area contributed by atoms with Crippen LogP contribution < -0.4 is 4.74 Å². The summed E-state index contributed by atoms with van der Waals surface area (Å²) in [6.45, 7) is 8.28. The molecule has 32 heavy (non-hydrogen) atoms. The van der Waals surface area contributed by atoms with Gasteiger partial charge in [-0.15, -0.1) is 0 Å². The topological polar surface area (TPSA) is 53.1 Å². The number of hydrogen-bond donors (Lipinski definition) is 0. The van der Waals surface area contributed by atoms with E-state index in [1.165, 1.54) is 4.90 Å². The highest BCUT2D eigenvalue weighted by atomic mass is 16.5. The van der Waals surface area contributed by atoms with Crippen LogP contribution in [0.25, 0.3) is 5.57 Å². The number of imide groups is 1. The van der Waals surface area contributed by atoms with Crippen molar-refractivity contribution in [2.45, 2.75) is 20.4 Å². The lowest BCUT2D eigenvalue weighted by molar-refractivity contribution is -0.138. The number of benzene rings is 2. The van der Waals surface area contributed by atoms with Crippen molar-refractivity contribution in [3.05, 3.63) is 71.4 Å². The van der Waals surface area contributed by atoms with Gasteiger partial charge >= 0.3 is 0 Å². The molecule has 168 valence electrons. The number of rotatable bonds is 7. The number of carbonyl (C=O) groups is 2. The van der Waals surface area contributed by atoms with Crippen LogP contribution >= 0.6 is 0 Å². The zero-order chi connectivity index (χ0) is 22.7. The normalized spacial score (nSPS) is 17.6. The standard InChI is InChI=1S/C26H31N3O3/c1-19(2)18-32-22-11-9-21(10-12-22)23-24(28-15-13-27(3)14-16-28)26(31)29(25(23)30)17-20-7-5-4-6-8-20/h4-12,19H,13-18H2,1-3H3. The van der Waals surface area contributed by atoms with E-state index in [2.05, 4.69) is 30.7 Å². The highest BCUT2D eigenvalue weighted by Gasteiger charge is 2.42. The average Bonchev–Trinajstić information content (AvgIpc) is 3.04. The minimum Gasteiger partial charge on any atom is -0.493 e. The first kappa shape index (κ1) is 22.1. The van der Waals surface area contributed by atoms with Crippen molar-refractivity contribution in [2.75, 3.05) is 39.8 Å². The molecule has 0 aliphatic carbocycles. The molecular weight excluding hydrogens is 402 g/mol. The molecule has 0 atom stereocenters. The number of likely N-dealkylation sites (N-methyl/N-ethyl adjacent to an activating group) is 1. The summed E-state index contributed by atoms with van der Waals surface area (Å²) in [5.41, 5.74) is 2.70. The van der Waals surface area contributed by atoms with Crippen LogP contribution in [-0.4, -0.2) is 66.3 Å². The quantitative estimate of drug-likeness (QED) is 0.628. The Balaban J connectivity index is 1.66. The van der Waals surface area contributed by atoms with Crippen LogP contribution in [0.15, 0.2) is 60.3 Å². The molecule has 0 spiro atoms. The molecule has 1 saturated heterocycles. The predicted octanol–water partition coefficient (Wildman–Crippen LogP) is 3.25. The van der Waals surface area contributed by atoms with Gasteiger partial charge in [0.15, 0.2) is 0 Å². The van der Waals surface area contributed by atoms with E-state index in [4.69, 9.17) is 4.74 Å². The number of ether oxygens (including phenoxy) is 1. The molecule has 0 radical (unpaired) electrons. The summed E-state index contributed by atoms with van der Waals surface area (Å²) in [4.78, 5) is 32.7. The fourth-order valence-electron chi connectivity index (χ4n) is 4.04. The second-order valence-electron chi connectivity index (χ2n) is 8.93. The maximum Gasteiger partial charge on any atom is 0.278 e. The van der Waals surface area contributed by atoms with Crippen molar-refractivity contribution in [1.82, 2.24) is 14.7 Å². The maximum atomic E-state index is 13.5. The third-order valence-corrected chi connectivity index (χ3v) is 5.87. The summed E-state index contributed by atoms with van der Waals surface area (Å²) in [6.07, 6.45) is 0. The highest BCUT2D eigenvalue weighted by molar-refractivity contribution is 6.35. The van der Waals surface area contributed by atoms with Gasteiger partial charge in [-0.3, -0.25) is 14.5 Å². The first-order chi connectivity index (χ1) is 15.4. The van der Waals surface area contributed by atoms with Crippen LogP contribution in [-0.2, 0) is 16.1 Å². The number of amides is 2. The molecule has 0 unspecified atom stereocenters. The summed E-state index contributed by atoms with van der Waals surface area (Å²) in [5.74, 6) is 0.756. The van der Waals surface area contributed by atoms with Gasteiger partial charge < -0.3 is 14.5 Å². The van der Waals surface area contributed by atoms with E-state index in [-0.39, 0.29) is 18.4 Å². The number of carbonyl (C=O) groups excluding carboxylic acids is 2. The molecular formula is C26H31N3O3. The Morgan fingerprint density at radius 3 is 2.16 bits per heavy atom. The zero-order valence-corrected chi connectivity index (χ0v) is 19.1. The van der Waals surface area contributed by atoms with Crippen LogP contribution in [0.4, 0.5) is 0 Å². The fourth-order valence-corrected chi connectivity index (χ4v) is 4.04. The molecule has 2 aromatic rings. The van der Waals surface area contributed by atoms with E-state index >= 15 is 0 Å². The SMILES string of the molecule is CC(C)COc1ccc(C2=C(N3CCN(C)CC3)C(=O)N(Cc3ccccc3)C2=O)cc1. The molecule has 0 saturated carbocycles. The lowest BCUT2D eigenvalue weighted by Gasteiger charge is -2.34. The molecule has 0 aromatic heterocycles. The van der Waals surface area contributed by atoms with Gasteiger partial charge in [0.05, 0.1) is 18.7 Å². The van der Waals surface area contributed by atoms with Crippen LogP contribution in [0.5, 0.6) is 5.75 Å². The van der Waals surface area contributed by atoms with Gasteiger partial charge in [0.2, 0.25) is 0 Å². The number of hydrogen-bond acceptors (Lipinski definition) is 5. The summed E-state index contributed by atoms with van der Waals surface area (Å²) < 4.78 is 5.79. The van der Waals surface area contributed by atoms with E-state index in [1.54, 1.807) is 0 Å². The van der Waals surface area contributed by atoms with E-state index in [1.807, 2.05) is 54.6 Å². The van der Waals surface area contributed by atoms with Gasteiger partial charge in [0.1, 0.15) is 11.4 Å². The molecule has 6 nitrogen and oxygen atoms in total. The molecule has 2 aromatic carbocycles. The van der Waals surface area contributed by atoms with E-state index in [9.17, 15) is 9.59 Å². The van der Waals surface area contributed by atoms with Crippen molar-refractivity contribution in [2.24, 2.45) is 5.92 Å². The van der Waals surface area contributed by atoms with Crippen molar-refractivity contribution in [1.29, 1.82) is 0 Å². The fraction of sp³-hybridized carbons (Fsp3) is 0.385. The molecule has 2 aliphatic heterocycles. The minimum absolute atomic E-state index is 0.210.